The van der Waals surface area contributed by atoms with Gasteiger partial charge in [-0.25, -0.2) is 0 Å². The third-order valence-electron chi connectivity index (χ3n) is 4.68. The van der Waals surface area contributed by atoms with E-state index < -0.39 is 11.9 Å². The summed E-state index contributed by atoms with van der Waals surface area (Å²) < 4.78 is 0. The minimum Gasteiger partial charge on any atom is -0.481 e. The van der Waals surface area contributed by atoms with Gasteiger partial charge in [0, 0.05) is 11.5 Å². The predicted molar refractivity (Wildman–Crippen MR) is 77.9 cm³/mol. The van der Waals surface area contributed by atoms with E-state index in [-0.39, 0.29) is 11.7 Å². The topological polar surface area (TPSA) is 54.4 Å². The molecule has 2 rings (SSSR count). The number of rotatable bonds is 4. The van der Waals surface area contributed by atoms with E-state index >= 15 is 0 Å². The summed E-state index contributed by atoms with van der Waals surface area (Å²) in [6, 6.07) is 5.64. The Labute approximate surface area is 120 Å². The first-order valence-electron chi connectivity index (χ1n) is 7.28. The van der Waals surface area contributed by atoms with Crippen molar-refractivity contribution in [3.8, 4) is 0 Å². The standard InChI is InChI=1S/C17H22O3/c1-4-12-8-14(15(9-12)17(19)20)16(18)13-6-5-10(2)11(3)7-13/h5-7,12,14-15H,4,8-9H2,1-3H3,(H,19,20). The number of hydrogen-bond donors (Lipinski definition) is 1. The van der Waals surface area contributed by atoms with Crippen LogP contribution in [0.15, 0.2) is 18.2 Å². The van der Waals surface area contributed by atoms with Crippen molar-refractivity contribution in [3.05, 3.63) is 34.9 Å². The van der Waals surface area contributed by atoms with Crippen LogP contribution in [0.25, 0.3) is 0 Å². The largest absolute Gasteiger partial charge is 0.481 e. The molecule has 1 saturated carbocycles. The van der Waals surface area contributed by atoms with Crippen molar-refractivity contribution in [1.82, 2.24) is 0 Å². The Morgan fingerprint density at radius 1 is 1.15 bits per heavy atom. The van der Waals surface area contributed by atoms with Crippen molar-refractivity contribution < 1.29 is 14.7 Å². The molecule has 0 spiro atoms. The lowest BCUT2D eigenvalue weighted by atomic mass is 9.87. The number of Topliss-reactive ketones (excluding diaryl/α,β-unsaturated/α-hetero) is 1. The SMILES string of the molecule is CCC1CC(C(=O)O)C(C(=O)c2ccc(C)c(C)c2)C1. The fraction of sp³-hybridized carbons (Fsp3) is 0.529. The molecule has 3 unspecified atom stereocenters. The van der Waals surface area contributed by atoms with Gasteiger partial charge in [0.25, 0.3) is 0 Å². The van der Waals surface area contributed by atoms with Gasteiger partial charge in [0.2, 0.25) is 0 Å². The lowest BCUT2D eigenvalue weighted by molar-refractivity contribution is -0.142. The smallest absolute Gasteiger partial charge is 0.307 e. The number of carbonyl (C=O) groups excluding carboxylic acids is 1. The first-order chi connectivity index (χ1) is 9.43. The van der Waals surface area contributed by atoms with Gasteiger partial charge >= 0.3 is 5.97 Å². The molecular formula is C17H22O3. The van der Waals surface area contributed by atoms with E-state index in [9.17, 15) is 14.7 Å². The van der Waals surface area contributed by atoms with Gasteiger partial charge < -0.3 is 5.11 Å². The molecule has 1 aromatic carbocycles. The maximum Gasteiger partial charge on any atom is 0.307 e. The zero-order chi connectivity index (χ0) is 14.9. The molecule has 1 fully saturated rings. The second kappa shape index (κ2) is 5.78. The number of carboxylic acids is 1. The molecule has 0 saturated heterocycles. The minimum absolute atomic E-state index is 0.00329. The molecule has 1 N–H and O–H groups in total. The van der Waals surface area contributed by atoms with Gasteiger partial charge in [-0.05, 0) is 49.8 Å². The van der Waals surface area contributed by atoms with Crippen molar-refractivity contribution in [2.75, 3.05) is 0 Å². The zero-order valence-corrected chi connectivity index (χ0v) is 12.3. The Bertz CT molecular complexity index is 533. The van der Waals surface area contributed by atoms with Crippen LogP contribution >= 0.6 is 0 Å². The van der Waals surface area contributed by atoms with Crippen LogP contribution in [-0.4, -0.2) is 16.9 Å². The highest BCUT2D eigenvalue weighted by Crippen LogP contribution is 2.40. The van der Waals surface area contributed by atoms with Gasteiger partial charge in [0.15, 0.2) is 5.78 Å². The zero-order valence-electron chi connectivity index (χ0n) is 12.3. The van der Waals surface area contributed by atoms with Crippen LogP contribution in [0.3, 0.4) is 0 Å². The fourth-order valence-corrected chi connectivity index (χ4v) is 3.15. The minimum atomic E-state index is -0.830. The molecule has 1 aliphatic rings. The highest BCUT2D eigenvalue weighted by molar-refractivity contribution is 6.00. The number of aliphatic carboxylic acids is 1. The van der Waals surface area contributed by atoms with Gasteiger partial charge in [-0.2, -0.15) is 0 Å². The summed E-state index contributed by atoms with van der Waals surface area (Å²) in [6.45, 7) is 6.04. The molecule has 0 aromatic heterocycles. The highest BCUT2D eigenvalue weighted by atomic mass is 16.4. The quantitative estimate of drug-likeness (QED) is 0.853. The lowest BCUT2D eigenvalue weighted by Gasteiger charge is -2.15. The average molecular weight is 274 g/mol. The maximum absolute atomic E-state index is 12.6. The van der Waals surface area contributed by atoms with Crippen molar-refractivity contribution in [2.24, 2.45) is 17.8 Å². The summed E-state index contributed by atoms with van der Waals surface area (Å²) in [4.78, 5) is 24.0. The summed E-state index contributed by atoms with van der Waals surface area (Å²) >= 11 is 0. The van der Waals surface area contributed by atoms with Gasteiger partial charge in [-0.1, -0.05) is 25.5 Å². The van der Waals surface area contributed by atoms with Crippen LogP contribution in [0.1, 0.15) is 47.7 Å². The van der Waals surface area contributed by atoms with Crippen molar-refractivity contribution >= 4 is 11.8 Å². The second-order valence-corrected chi connectivity index (χ2v) is 5.96. The summed E-state index contributed by atoms with van der Waals surface area (Å²) in [6.07, 6.45) is 2.28. The summed E-state index contributed by atoms with van der Waals surface area (Å²) in [7, 11) is 0. The van der Waals surface area contributed by atoms with Gasteiger partial charge in [0.1, 0.15) is 0 Å². The molecule has 3 nitrogen and oxygen atoms in total. The number of hydrogen-bond acceptors (Lipinski definition) is 2. The van der Waals surface area contributed by atoms with E-state index in [1.54, 1.807) is 0 Å². The molecule has 0 heterocycles. The molecule has 0 radical (unpaired) electrons. The lowest BCUT2D eigenvalue weighted by Crippen LogP contribution is -2.25. The Balaban J connectivity index is 2.26. The van der Waals surface area contributed by atoms with Crippen LogP contribution in [0.4, 0.5) is 0 Å². The number of carboxylic acid groups (broad SMARTS) is 1. The number of aryl methyl sites for hydroxylation is 2. The molecule has 1 aromatic rings. The molecule has 108 valence electrons. The molecule has 0 aliphatic heterocycles. The van der Waals surface area contributed by atoms with Gasteiger partial charge in [-0.3, -0.25) is 9.59 Å². The van der Waals surface area contributed by atoms with Crippen LogP contribution in [0.5, 0.6) is 0 Å². The first kappa shape index (κ1) is 14.8. The summed E-state index contributed by atoms with van der Waals surface area (Å²) in [5, 5.41) is 9.34. The van der Waals surface area contributed by atoms with Crippen LogP contribution < -0.4 is 0 Å². The van der Waals surface area contributed by atoms with Crippen molar-refractivity contribution in [3.63, 3.8) is 0 Å². The molecule has 1 aliphatic carbocycles. The Morgan fingerprint density at radius 3 is 2.35 bits per heavy atom. The Hall–Kier alpha value is -1.64. The maximum atomic E-state index is 12.6. The molecule has 20 heavy (non-hydrogen) atoms. The van der Waals surface area contributed by atoms with Gasteiger partial charge in [-0.15, -0.1) is 0 Å². The molecule has 3 heteroatoms. The van der Waals surface area contributed by atoms with Crippen molar-refractivity contribution in [1.29, 1.82) is 0 Å². The van der Waals surface area contributed by atoms with E-state index in [0.29, 0.717) is 24.3 Å². The van der Waals surface area contributed by atoms with Crippen molar-refractivity contribution in [2.45, 2.75) is 40.0 Å². The van der Waals surface area contributed by atoms with E-state index in [4.69, 9.17) is 0 Å². The fourth-order valence-electron chi connectivity index (χ4n) is 3.15. The van der Waals surface area contributed by atoms with E-state index in [1.807, 2.05) is 32.0 Å². The second-order valence-electron chi connectivity index (χ2n) is 5.96. The average Bonchev–Trinajstić information content (AvgIpc) is 2.85. The monoisotopic (exact) mass is 274 g/mol. The van der Waals surface area contributed by atoms with E-state index in [2.05, 4.69) is 6.92 Å². The predicted octanol–water partition coefficient (Wildman–Crippen LogP) is 3.62. The Kier molecular flexibility index (Phi) is 4.26. The summed E-state index contributed by atoms with van der Waals surface area (Å²) in [5.74, 6) is -1.36. The summed E-state index contributed by atoms with van der Waals surface area (Å²) in [5.41, 5.74) is 2.88. The molecular weight excluding hydrogens is 252 g/mol. The van der Waals surface area contributed by atoms with Gasteiger partial charge in [0.05, 0.1) is 5.92 Å². The normalized spacial score (nSPS) is 25.6. The highest BCUT2D eigenvalue weighted by Gasteiger charge is 2.42. The van der Waals surface area contributed by atoms with E-state index in [0.717, 1.165) is 17.5 Å². The van der Waals surface area contributed by atoms with Crippen LogP contribution in [0.2, 0.25) is 0 Å². The van der Waals surface area contributed by atoms with E-state index in [1.165, 1.54) is 0 Å². The molecule has 3 atom stereocenters. The molecule has 0 bridgehead atoms. The van der Waals surface area contributed by atoms with Crippen LogP contribution in [-0.2, 0) is 4.79 Å². The third kappa shape index (κ3) is 2.77. The Morgan fingerprint density at radius 2 is 1.80 bits per heavy atom. The number of benzene rings is 1. The third-order valence-corrected chi connectivity index (χ3v) is 4.68. The number of carbonyl (C=O) groups is 2. The van der Waals surface area contributed by atoms with Crippen LogP contribution in [0, 0.1) is 31.6 Å². The molecule has 0 amide bonds. The first-order valence-corrected chi connectivity index (χ1v) is 7.28. The number of ketones is 1.